The normalized spacial score (nSPS) is 25.3. The fourth-order valence-electron chi connectivity index (χ4n) is 1.87. The van der Waals surface area contributed by atoms with E-state index in [4.69, 9.17) is 0 Å². The molecular weight excluding hydrogens is 138 g/mol. The Bertz CT molecular complexity index is 154. The van der Waals surface area contributed by atoms with Crippen molar-refractivity contribution in [3.05, 3.63) is 0 Å². The van der Waals surface area contributed by atoms with Gasteiger partial charge in [0.1, 0.15) is 0 Å². The van der Waals surface area contributed by atoms with E-state index in [1.807, 2.05) is 4.90 Å². The van der Waals surface area contributed by atoms with E-state index in [0.717, 1.165) is 19.3 Å². The summed E-state index contributed by atoms with van der Waals surface area (Å²) in [4.78, 5) is 13.3. The quantitative estimate of drug-likeness (QED) is 0.595. The topological polar surface area (TPSA) is 20.3 Å². The number of nitrogens with zero attached hydrogens (tertiary/aromatic N) is 1. The summed E-state index contributed by atoms with van der Waals surface area (Å²) in [5, 5.41) is 0. The number of carbonyl (C=O) groups is 1. The molecule has 1 heterocycles. The number of likely N-dealkylation sites (tertiary alicyclic amines) is 1. The van der Waals surface area contributed by atoms with Gasteiger partial charge < -0.3 is 4.90 Å². The van der Waals surface area contributed by atoms with Gasteiger partial charge in [-0.15, -0.1) is 0 Å². The minimum Gasteiger partial charge on any atom is -0.337 e. The first-order valence-corrected chi connectivity index (χ1v) is 4.48. The highest BCUT2D eigenvalue weighted by Crippen LogP contribution is 2.23. The lowest BCUT2D eigenvalue weighted by molar-refractivity contribution is -0.130. The van der Waals surface area contributed by atoms with Gasteiger partial charge in [-0.1, -0.05) is 6.92 Å². The number of amides is 1. The van der Waals surface area contributed by atoms with Crippen molar-refractivity contribution >= 4 is 5.91 Å². The molecule has 0 aliphatic carbocycles. The Morgan fingerprint density at radius 2 is 2.27 bits per heavy atom. The molecule has 1 amide bonds. The van der Waals surface area contributed by atoms with Gasteiger partial charge in [-0.25, -0.2) is 0 Å². The zero-order chi connectivity index (χ0) is 8.43. The maximum absolute atomic E-state index is 11.3. The van der Waals surface area contributed by atoms with Gasteiger partial charge in [0, 0.05) is 18.5 Å². The van der Waals surface area contributed by atoms with Gasteiger partial charge in [-0.3, -0.25) is 4.79 Å². The monoisotopic (exact) mass is 155 g/mol. The third-order valence-electron chi connectivity index (χ3n) is 2.40. The Hall–Kier alpha value is -0.530. The van der Waals surface area contributed by atoms with E-state index >= 15 is 0 Å². The van der Waals surface area contributed by atoms with E-state index in [9.17, 15) is 4.79 Å². The molecule has 0 N–H and O–H groups in total. The van der Waals surface area contributed by atoms with Crippen LogP contribution in [0, 0.1) is 0 Å². The minimum absolute atomic E-state index is 0.340. The molecular formula is C9H17NO. The van der Waals surface area contributed by atoms with Crippen LogP contribution >= 0.6 is 0 Å². The van der Waals surface area contributed by atoms with E-state index in [-0.39, 0.29) is 0 Å². The zero-order valence-corrected chi connectivity index (χ0v) is 7.63. The molecule has 64 valence electrons. The van der Waals surface area contributed by atoms with Crippen molar-refractivity contribution in [3.8, 4) is 0 Å². The van der Waals surface area contributed by atoms with E-state index in [2.05, 4.69) is 20.8 Å². The van der Waals surface area contributed by atoms with Crippen molar-refractivity contribution < 1.29 is 4.79 Å². The second kappa shape index (κ2) is 3.24. The summed E-state index contributed by atoms with van der Waals surface area (Å²) in [6.07, 6.45) is 2.92. The molecule has 1 aliphatic heterocycles. The molecule has 1 rings (SSSR count). The van der Waals surface area contributed by atoms with Gasteiger partial charge in [0.2, 0.25) is 5.91 Å². The standard InChI is InChI=1S/C9H17NO/c1-4-8-5-6-9(11)10(8)7(2)3/h7-8H,4-6H2,1-3H3/t8-/m1/s1. The van der Waals surface area contributed by atoms with Crippen LogP contribution in [0.1, 0.15) is 40.0 Å². The largest absolute Gasteiger partial charge is 0.337 e. The molecule has 0 spiro atoms. The molecule has 1 atom stereocenters. The van der Waals surface area contributed by atoms with Gasteiger partial charge >= 0.3 is 0 Å². The molecule has 2 heteroatoms. The summed E-state index contributed by atoms with van der Waals surface area (Å²) in [7, 11) is 0. The Morgan fingerprint density at radius 3 is 2.64 bits per heavy atom. The first-order chi connectivity index (χ1) is 5.16. The van der Waals surface area contributed by atoms with Crippen LogP contribution in [0.15, 0.2) is 0 Å². The van der Waals surface area contributed by atoms with Crippen LogP contribution in [0.5, 0.6) is 0 Å². The highest BCUT2D eigenvalue weighted by atomic mass is 16.2. The van der Waals surface area contributed by atoms with Crippen molar-refractivity contribution in [1.29, 1.82) is 0 Å². The van der Waals surface area contributed by atoms with Gasteiger partial charge in [-0.2, -0.15) is 0 Å². The van der Waals surface area contributed by atoms with E-state index in [0.29, 0.717) is 18.0 Å². The lowest BCUT2D eigenvalue weighted by Crippen LogP contribution is -2.38. The Balaban J connectivity index is 2.63. The first-order valence-electron chi connectivity index (χ1n) is 4.48. The van der Waals surface area contributed by atoms with Crippen molar-refractivity contribution in [2.75, 3.05) is 0 Å². The van der Waals surface area contributed by atoms with Crippen molar-refractivity contribution in [2.24, 2.45) is 0 Å². The van der Waals surface area contributed by atoms with E-state index < -0.39 is 0 Å². The molecule has 0 unspecified atom stereocenters. The summed E-state index contributed by atoms with van der Waals surface area (Å²) in [5.41, 5.74) is 0. The second-order valence-corrected chi connectivity index (χ2v) is 3.50. The number of hydrogen-bond donors (Lipinski definition) is 0. The molecule has 0 aromatic heterocycles. The molecule has 0 aromatic rings. The molecule has 2 nitrogen and oxygen atoms in total. The molecule has 0 aromatic carbocycles. The van der Waals surface area contributed by atoms with Crippen molar-refractivity contribution in [2.45, 2.75) is 52.1 Å². The van der Waals surface area contributed by atoms with E-state index in [1.54, 1.807) is 0 Å². The van der Waals surface area contributed by atoms with Crippen LogP contribution in [-0.4, -0.2) is 22.9 Å². The second-order valence-electron chi connectivity index (χ2n) is 3.50. The lowest BCUT2D eigenvalue weighted by atomic mass is 10.1. The van der Waals surface area contributed by atoms with Gasteiger partial charge in [0.15, 0.2) is 0 Å². The molecule has 0 bridgehead atoms. The van der Waals surface area contributed by atoms with Crippen LogP contribution in [0.4, 0.5) is 0 Å². The van der Waals surface area contributed by atoms with Gasteiger partial charge in [-0.05, 0) is 26.7 Å². The summed E-state index contributed by atoms with van der Waals surface area (Å²) in [6.45, 7) is 6.33. The molecule has 0 saturated carbocycles. The summed E-state index contributed by atoms with van der Waals surface area (Å²) in [5.74, 6) is 0.340. The fourth-order valence-corrected chi connectivity index (χ4v) is 1.87. The fraction of sp³-hybridized carbons (Fsp3) is 0.889. The third kappa shape index (κ3) is 1.55. The van der Waals surface area contributed by atoms with Crippen LogP contribution in [0.2, 0.25) is 0 Å². The number of rotatable bonds is 2. The maximum atomic E-state index is 11.3. The third-order valence-corrected chi connectivity index (χ3v) is 2.40. The van der Waals surface area contributed by atoms with Crippen molar-refractivity contribution in [1.82, 2.24) is 4.90 Å². The smallest absolute Gasteiger partial charge is 0.223 e. The predicted molar refractivity (Wildman–Crippen MR) is 45.3 cm³/mol. The van der Waals surface area contributed by atoms with Crippen LogP contribution < -0.4 is 0 Å². The molecule has 11 heavy (non-hydrogen) atoms. The molecule has 1 fully saturated rings. The van der Waals surface area contributed by atoms with Crippen molar-refractivity contribution in [3.63, 3.8) is 0 Å². The maximum Gasteiger partial charge on any atom is 0.223 e. The Labute approximate surface area is 68.6 Å². The highest BCUT2D eigenvalue weighted by Gasteiger charge is 2.30. The van der Waals surface area contributed by atoms with Gasteiger partial charge in [0.05, 0.1) is 0 Å². The zero-order valence-electron chi connectivity index (χ0n) is 7.63. The Kier molecular flexibility index (Phi) is 2.53. The Morgan fingerprint density at radius 1 is 1.64 bits per heavy atom. The van der Waals surface area contributed by atoms with E-state index in [1.165, 1.54) is 0 Å². The number of hydrogen-bond acceptors (Lipinski definition) is 1. The average Bonchev–Trinajstić information content (AvgIpc) is 2.30. The van der Waals surface area contributed by atoms with Crippen LogP contribution in [0.25, 0.3) is 0 Å². The molecule has 0 radical (unpaired) electrons. The van der Waals surface area contributed by atoms with Crippen LogP contribution in [0.3, 0.4) is 0 Å². The predicted octanol–water partition coefficient (Wildman–Crippen LogP) is 1.80. The molecule has 1 aliphatic rings. The SMILES string of the molecule is CC[C@@H]1CCC(=O)N1C(C)C. The van der Waals surface area contributed by atoms with Gasteiger partial charge in [0.25, 0.3) is 0 Å². The minimum atomic E-state index is 0.340. The molecule has 1 saturated heterocycles. The number of carbonyl (C=O) groups excluding carboxylic acids is 1. The first kappa shape index (κ1) is 8.57. The lowest BCUT2D eigenvalue weighted by Gasteiger charge is -2.27. The summed E-state index contributed by atoms with van der Waals surface area (Å²) in [6, 6.07) is 0.900. The summed E-state index contributed by atoms with van der Waals surface area (Å²) < 4.78 is 0. The average molecular weight is 155 g/mol. The van der Waals surface area contributed by atoms with Crippen LogP contribution in [-0.2, 0) is 4.79 Å². The highest BCUT2D eigenvalue weighted by molar-refractivity contribution is 5.79. The summed E-state index contributed by atoms with van der Waals surface area (Å²) >= 11 is 0.